The Morgan fingerprint density at radius 2 is 2.00 bits per heavy atom. The Kier molecular flexibility index (Phi) is 5.17. The molecule has 0 bridgehead atoms. The van der Waals surface area contributed by atoms with Crippen molar-refractivity contribution in [2.45, 2.75) is 42.7 Å². The maximum absolute atomic E-state index is 14.4. The maximum Gasteiger partial charge on any atom is 0.157 e. The molecular weight excluding hydrogens is 471 g/mol. The van der Waals surface area contributed by atoms with Crippen molar-refractivity contribution in [3.63, 3.8) is 0 Å². The summed E-state index contributed by atoms with van der Waals surface area (Å²) in [5.41, 5.74) is 6.98. The van der Waals surface area contributed by atoms with E-state index in [4.69, 9.17) is 20.7 Å². The quantitative estimate of drug-likeness (QED) is 0.400. The number of hydrogen-bond acceptors (Lipinski definition) is 9. The summed E-state index contributed by atoms with van der Waals surface area (Å²) in [5.74, 6) is 0.465. The molecule has 0 unspecified atom stereocenters. The highest BCUT2D eigenvalue weighted by molar-refractivity contribution is 8.26. The average Bonchev–Trinajstić information content (AvgIpc) is 2.96. The van der Waals surface area contributed by atoms with E-state index in [2.05, 4.69) is 15.3 Å². The number of fused-ring (bicyclic) bond motifs is 4. The molecule has 0 saturated heterocycles. The van der Waals surface area contributed by atoms with Crippen molar-refractivity contribution >= 4 is 38.8 Å². The normalized spacial score (nSPS) is 25.2. The lowest BCUT2D eigenvalue weighted by atomic mass is 9.86. The van der Waals surface area contributed by atoms with Crippen LogP contribution in [0.15, 0.2) is 41.7 Å². The van der Waals surface area contributed by atoms with Crippen LogP contribution in [0.25, 0.3) is 10.9 Å². The predicted molar refractivity (Wildman–Crippen MR) is 134 cm³/mol. The van der Waals surface area contributed by atoms with E-state index in [-0.39, 0.29) is 22.3 Å². The zero-order valence-corrected chi connectivity index (χ0v) is 20.2. The molecule has 0 radical (unpaired) electrons. The van der Waals surface area contributed by atoms with E-state index in [0.717, 1.165) is 6.20 Å². The molecule has 0 aliphatic carbocycles. The van der Waals surface area contributed by atoms with Crippen LogP contribution in [-0.2, 0) is 5.54 Å². The number of nitrogens with two attached hydrogens (primary N) is 1. The van der Waals surface area contributed by atoms with Crippen LogP contribution in [0.2, 0.25) is 0 Å². The lowest BCUT2D eigenvalue weighted by molar-refractivity contribution is 0.304. The van der Waals surface area contributed by atoms with Crippen molar-refractivity contribution in [1.82, 2.24) is 9.97 Å². The molecule has 2 atom stereocenters. The van der Waals surface area contributed by atoms with Crippen molar-refractivity contribution in [1.29, 1.82) is 5.26 Å². The van der Waals surface area contributed by atoms with E-state index in [1.165, 1.54) is 12.3 Å². The standard InChI is InChI=1S/C24H25FN6O3S/c1-23(2)22(27)31-24(3)16-9-14(4-5-18(16)34-7-6-19(24)35(23,32)33)30-21-20-15(17(25)12-29-21)8-13(10-26)11-28-20/h4-5,8-9,11-12,19,32-33H,6-7H2,1-3H3,(H2,27,31)(H,29,30)/t19-,24-/m1/s1. The SMILES string of the molecule is CC1(C)C(N)=N[C@]2(C)c3cc(Nc4ncc(F)c5cc(C#N)cnc45)ccc3OCC[C@H]2S1(O)O. The zero-order valence-electron chi connectivity index (χ0n) is 19.4. The third kappa shape index (κ3) is 3.40. The Morgan fingerprint density at radius 1 is 1.23 bits per heavy atom. The number of nitrogens with one attached hydrogen (secondary N) is 1. The third-order valence-corrected chi connectivity index (χ3v) is 10.2. The minimum absolute atomic E-state index is 0.172. The van der Waals surface area contributed by atoms with E-state index in [1.807, 2.05) is 13.0 Å². The van der Waals surface area contributed by atoms with Crippen LogP contribution in [0.4, 0.5) is 15.9 Å². The van der Waals surface area contributed by atoms with Crippen molar-refractivity contribution in [2.24, 2.45) is 10.7 Å². The van der Waals surface area contributed by atoms with Gasteiger partial charge in [0.15, 0.2) is 11.6 Å². The molecule has 1 aromatic carbocycles. The second kappa shape index (κ2) is 7.78. The molecule has 2 aliphatic heterocycles. The van der Waals surface area contributed by atoms with Crippen molar-refractivity contribution < 1.29 is 18.2 Å². The molecule has 9 nitrogen and oxygen atoms in total. The second-order valence-corrected chi connectivity index (χ2v) is 12.2. The van der Waals surface area contributed by atoms with Gasteiger partial charge in [-0.25, -0.2) is 9.37 Å². The van der Waals surface area contributed by atoms with Gasteiger partial charge in [-0.2, -0.15) is 15.9 Å². The molecular formula is C24H25FN6O3S. The maximum atomic E-state index is 14.4. The summed E-state index contributed by atoms with van der Waals surface area (Å²) in [5, 5.41) is 11.9. The van der Waals surface area contributed by atoms with Crippen LogP contribution < -0.4 is 15.8 Å². The van der Waals surface area contributed by atoms with Crippen LogP contribution in [0, 0.1) is 17.1 Å². The van der Waals surface area contributed by atoms with Crippen LogP contribution in [-0.4, -0.2) is 41.5 Å². The van der Waals surface area contributed by atoms with Gasteiger partial charge in [0.05, 0.1) is 23.6 Å². The summed E-state index contributed by atoms with van der Waals surface area (Å²) >= 11 is 0. The largest absolute Gasteiger partial charge is 0.493 e. The van der Waals surface area contributed by atoms with Crippen LogP contribution in [0.3, 0.4) is 0 Å². The molecule has 11 heteroatoms. The summed E-state index contributed by atoms with van der Waals surface area (Å²) < 4.78 is 41.9. The molecule has 2 aliphatic rings. The number of nitriles is 1. The number of nitrogens with zero attached hydrogens (tertiary/aromatic N) is 4. The van der Waals surface area contributed by atoms with Crippen molar-refractivity contribution in [2.75, 3.05) is 11.9 Å². The van der Waals surface area contributed by atoms with Crippen LogP contribution in [0.1, 0.15) is 38.3 Å². The van der Waals surface area contributed by atoms with Gasteiger partial charge < -0.3 is 15.8 Å². The second-order valence-electron chi connectivity index (χ2n) is 9.40. The lowest BCUT2D eigenvalue weighted by Crippen LogP contribution is -2.56. The molecule has 5 rings (SSSR count). The van der Waals surface area contributed by atoms with Gasteiger partial charge in [-0.1, -0.05) is 0 Å². The predicted octanol–water partition coefficient (Wildman–Crippen LogP) is 4.65. The fourth-order valence-corrected chi connectivity index (χ4v) is 7.06. The van der Waals surface area contributed by atoms with Crippen LogP contribution in [0.5, 0.6) is 5.75 Å². The molecule has 0 saturated carbocycles. The van der Waals surface area contributed by atoms with Gasteiger partial charge in [0.2, 0.25) is 0 Å². The summed E-state index contributed by atoms with van der Waals surface area (Å²) in [7, 11) is -3.19. The van der Waals surface area contributed by atoms with Gasteiger partial charge in [-0.15, -0.1) is 0 Å². The fraction of sp³-hybridized carbons (Fsp3) is 0.333. The Morgan fingerprint density at radius 3 is 2.74 bits per heavy atom. The Labute approximate surface area is 203 Å². The molecule has 35 heavy (non-hydrogen) atoms. The first-order valence-corrected chi connectivity index (χ1v) is 12.6. The molecule has 4 heterocycles. The number of pyridine rings is 2. The van der Waals surface area contributed by atoms with E-state index < -0.39 is 31.9 Å². The van der Waals surface area contributed by atoms with Gasteiger partial charge in [-0.05, 0) is 45.0 Å². The van der Waals surface area contributed by atoms with E-state index >= 15 is 0 Å². The summed E-state index contributed by atoms with van der Waals surface area (Å²) in [4.78, 5) is 13.2. The number of aliphatic imine (C=N–C) groups is 1. The number of rotatable bonds is 2. The first-order valence-electron chi connectivity index (χ1n) is 11.0. The first-order chi connectivity index (χ1) is 16.5. The monoisotopic (exact) mass is 496 g/mol. The van der Waals surface area contributed by atoms with E-state index in [0.29, 0.717) is 35.8 Å². The Bertz CT molecular complexity index is 1440. The van der Waals surface area contributed by atoms with Gasteiger partial charge in [0.25, 0.3) is 0 Å². The van der Waals surface area contributed by atoms with Crippen molar-refractivity contribution in [3.8, 4) is 11.8 Å². The minimum Gasteiger partial charge on any atom is -0.493 e. The Hall–Kier alpha value is -3.46. The number of ether oxygens (including phenoxy) is 1. The molecule has 0 spiro atoms. The Balaban J connectivity index is 1.62. The van der Waals surface area contributed by atoms with Crippen LogP contribution >= 0.6 is 10.6 Å². The van der Waals surface area contributed by atoms with Gasteiger partial charge in [0.1, 0.15) is 33.5 Å². The smallest absolute Gasteiger partial charge is 0.157 e. The molecule has 5 N–H and O–H groups in total. The van der Waals surface area contributed by atoms with Gasteiger partial charge in [0, 0.05) is 29.3 Å². The van der Waals surface area contributed by atoms with Gasteiger partial charge in [-0.3, -0.25) is 19.1 Å². The molecule has 182 valence electrons. The first kappa shape index (κ1) is 23.3. The number of aromatic nitrogens is 2. The number of hydrogen-bond donors (Lipinski definition) is 4. The highest BCUT2D eigenvalue weighted by Gasteiger charge is 2.57. The summed E-state index contributed by atoms with van der Waals surface area (Å²) in [6, 6.07) is 8.74. The van der Waals surface area contributed by atoms with Gasteiger partial charge >= 0.3 is 0 Å². The molecule has 0 amide bonds. The van der Waals surface area contributed by atoms with E-state index in [1.54, 1.807) is 32.0 Å². The highest BCUT2D eigenvalue weighted by atomic mass is 32.3. The van der Waals surface area contributed by atoms with Crippen molar-refractivity contribution in [3.05, 3.63) is 53.6 Å². The molecule has 3 aromatic rings. The fourth-order valence-electron chi connectivity index (χ4n) is 4.75. The number of halogens is 1. The zero-order chi connectivity index (χ0) is 25.2. The molecule has 2 aromatic heterocycles. The number of amidine groups is 1. The average molecular weight is 497 g/mol. The third-order valence-electron chi connectivity index (χ3n) is 6.97. The summed E-state index contributed by atoms with van der Waals surface area (Å²) in [6.45, 7) is 5.53. The highest BCUT2D eigenvalue weighted by Crippen LogP contribution is 2.66. The minimum atomic E-state index is -3.19. The summed E-state index contributed by atoms with van der Waals surface area (Å²) in [6.07, 6.45) is 2.82. The molecule has 0 fully saturated rings. The number of anilines is 2. The lowest BCUT2D eigenvalue weighted by Gasteiger charge is -2.58. The topological polar surface area (TPSA) is 150 Å². The van der Waals surface area contributed by atoms with E-state index in [9.17, 15) is 13.5 Å². The number of benzene rings is 1.